The van der Waals surface area contributed by atoms with Crippen LogP contribution in [0, 0.1) is 0 Å². The average Bonchev–Trinajstić information content (AvgIpc) is 3.22. The van der Waals surface area contributed by atoms with Crippen molar-refractivity contribution < 1.29 is 14.3 Å². The SMILES string of the molecule is CCCCCCCCCCCCOC(=O)C1CCCN1C(=O)c1ccccc1Cl. The van der Waals surface area contributed by atoms with Crippen molar-refractivity contribution in [3.05, 3.63) is 34.9 Å². The van der Waals surface area contributed by atoms with E-state index in [0.717, 1.165) is 19.3 Å². The molecule has 0 N–H and O–H groups in total. The molecular weight excluding hydrogens is 386 g/mol. The number of hydrogen-bond donors (Lipinski definition) is 0. The van der Waals surface area contributed by atoms with Crippen molar-refractivity contribution in [1.82, 2.24) is 4.90 Å². The molecule has 1 atom stereocenters. The first-order valence-electron chi connectivity index (χ1n) is 11.4. The highest BCUT2D eigenvalue weighted by Gasteiger charge is 2.36. The highest BCUT2D eigenvalue weighted by molar-refractivity contribution is 6.33. The number of amides is 1. The van der Waals surface area contributed by atoms with Gasteiger partial charge in [0.15, 0.2) is 0 Å². The lowest BCUT2D eigenvalue weighted by molar-refractivity contribution is -0.148. The molecule has 1 aromatic carbocycles. The molecular formula is C24H36ClNO3. The highest BCUT2D eigenvalue weighted by Crippen LogP contribution is 2.24. The van der Waals surface area contributed by atoms with E-state index in [4.69, 9.17) is 16.3 Å². The van der Waals surface area contributed by atoms with Crippen LogP contribution in [0.4, 0.5) is 0 Å². The summed E-state index contributed by atoms with van der Waals surface area (Å²) in [4.78, 5) is 26.9. The van der Waals surface area contributed by atoms with Gasteiger partial charge in [0.05, 0.1) is 17.2 Å². The minimum absolute atomic E-state index is 0.186. The molecule has 2 rings (SSSR count). The Morgan fingerprint density at radius 3 is 2.28 bits per heavy atom. The Hall–Kier alpha value is -1.55. The molecule has 1 unspecified atom stereocenters. The molecule has 1 amide bonds. The van der Waals surface area contributed by atoms with Crippen molar-refractivity contribution in [2.45, 2.75) is 90.0 Å². The molecule has 1 aliphatic rings. The van der Waals surface area contributed by atoms with Gasteiger partial charge in [-0.25, -0.2) is 4.79 Å². The Bertz CT molecular complexity index is 634. The summed E-state index contributed by atoms with van der Waals surface area (Å²) >= 11 is 6.15. The molecule has 1 saturated heterocycles. The van der Waals surface area contributed by atoms with Crippen LogP contribution in [0.1, 0.15) is 94.3 Å². The van der Waals surface area contributed by atoms with Crippen LogP contribution in [0.2, 0.25) is 5.02 Å². The first kappa shape index (κ1) is 23.7. The number of likely N-dealkylation sites (tertiary alicyclic amines) is 1. The standard InChI is InChI=1S/C24H36ClNO3/c1-2-3-4-5-6-7-8-9-10-13-19-29-24(28)22-17-14-18-26(22)23(27)20-15-11-12-16-21(20)25/h11-12,15-16,22H,2-10,13-14,17-19H2,1H3. The number of unbranched alkanes of at least 4 members (excludes halogenated alkanes) is 9. The van der Waals surface area contributed by atoms with E-state index < -0.39 is 6.04 Å². The number of carbonyl (C=O) groups is 2. The molecule has 0 aliphatic carbocycles. The summed E-state index contributed by atoms with van der Waals surface area (Å²) in [6.07, 6.45) is 14.0. The zero-order valence-electron chi connectivity index (χ0n) is 17.8. The molecule has 1 heterocycles. The van der Waals surface area contributed by atoms with E-state index in [2.05, 4.69) is 6.92 Å². The molecule has 162 valence electrons. The molecule has 0 spiro atoms. The van der Waals surface area contributed by atoms with Crippen LogP contribution >= 0.6 is 11.6 Å². The number of benzene rings is 1. The van der Waals surface area contributed by atoms with Gasteiger partial charge >= 0.3 is 5.97 Å². The maximum absolute atomic E-state index is 12.8. The van der Waals surface area contributed by atoms with E-state index in [9.17, 15) is 9.59 Å². The predicted molar refractivity (Wildman–Crippen MR) is 118 cm³/mol. The van der Waals surface area contributed by atoms with Crippen molar-refractivity contribution in [1.29, 1.82) is 0 Å². The molecule has 1 aliphatic heterocycles. The third-order valence-corrected chi connectivity index (χ3v) is 5.96. The lowest BCUT2D eigenvalue weighted by atomic mass is 10.1. The van der Waals surface area contributed by atoms with E-state index in [-0.39, 0.29) is 11.9 Å². The van der Waals surface area contributed by atoms with Crippen molar-refractivity contribution in [2.75, 3.05) is 13.2 Å². The van der Waals surface area contributed by atoms with Crippen molar-refractivity contribution in [3.8, 4) is 0 Å². The number of esters is 1. The van der Waals surface area contributed by atoms with Crippen LogP contribution in [0.25, 0.3) is 0 Å². The van der Waals surface area contributed by atoms with Gasteiger partial charge in [0.1, 0.15) is 6.04 Å². The van der Waals surface area contributed by atoms with Crippen molar-refractivity contribution >= 4 is 23.5 Å². The third kappa shape index (κ3) is 8.00. The zero-order valence-corrected chi connectivity index (χ0v) is 18.6. The summed E-state index contributed by atoms with van der Waals surface area (Å²) in [5.41, 5.74) is 0.448. The molecule has 1 fully saturated rings. The zero-order chi connectivity index (χ0) is 20.9. The first-order chi connectivity index (χ1) is 14.1. The fraction of sp³-hybridized carbons (Fsp3) is 0.667. The van der Waals surface area contributed by atoms with E-state index in [1.807, 2.05) is 0 Å². The van der Waals surface area contributed by atoms with Gasteiger partial charge in [-0.1, -0.05) is 88.4 Å². The number of rotatable bonds is 13. The Morgan fingerprint density at radius 2 is 1.62 bits per heavy atom. The van der Waals surface area contributed by atoms with Gasteiger partial charge in [-0.15, -0.1) is 0 Å². The lowest BCUT2D eigenvalue weighted by Crippen LogP contribution is -2.41. The van der Waals surface area contributed by atoms with Crippen LogP contribution in [0.5, 0.6) is 0 Å². The Kier molecular flexibility index (Phi) is 11.2. The summed E-state index contributed by atoms with van der Waals surface area (Å²) < 4.78 is 5.48. The first-order valence-corrected chi connectivity index (χ1v) is 11.7. The molecule has 0 bridgehead atoms. The summed E-state index contributed by atoms with van der Waals surface area (Å²) in [5, 5.41) is 0.418. The fourth-order valence-corrected chi connectivity index (χ4v) is 4.12. The second-order valence-corrected chi connectivity index (χ2v) is 8.39. The van der Waals surface area contributed by atoms with Crippen LogP contribution in [-0.2, 0) is 9.53 Å². The molecule has 0 radical (unpaired) electrons. The van der Waals surface area contributed by atoms with E-state index in [1.54, 1.807) is 29.2 Å². The van der Waals surface area contributed by atoms with Crippen LogP contribution < -0.4 is 0 Å². The molecule has 0 aromatic heterocycles. The normalized spacial score (nSPS) is 16.2. The monoisotopic (exact) mass is 421 g/mol. The number of carbonyl (C=O) groups excluding carboxylic acids is 2. The van der Waals surface area contributed by atoms with Gasteiger partial charge in [-0.05, 0) is 31.4 Å². The van der Waals surface area contributed by atoms with Gasteiger partial charge < -0.3 is 9.64 Å². The number of halogens is 1. The van der Waals surface area contributed by atoms with Gasteiger partial charge in [0.25, 0.3) is 5.91 Å². The van der Waals surface area contributed by atoms with Crippen LogP contribution in [0.15, 0.2) is 24.3 Å². The number of ether oxygens (including phenoxy) is 1. The van der Waals surface area contributed by atoms with Crippen LogP contribution in [0.3, 0.4) is 0 Å². The summed E-state index contributed by atoms with van der Waals surface area (Å²) in [7, 11) is 0. The molecule has 29 heavy (non-hydrogen) atoms. The number of hydrogen-bond acceptors (Lipinski definition) is 3. The van der Waals surface area contributed by atoms with Crippen molar-refractivity contribution in [2.24, 2.45) is 0 Å². The van der Waals surface area contributed by atoms with Gasteiger partial charge in [-0.3, -0.25) is 4.79 Å². The maximum atomic E-state index is 12.8. The van der Waals surface area contributed by atoms with E-state index in [1.165, 1.54) is 51.4 Å². The van der Waals surface area contributed by atoms with Crippen molar-refractivity contribution in [3.63, 3.8) is 0 Å². The van der Waals surface area contributed by atoms with E-state index in [0.29, 0.717) is 30.2 Å². The second-order valence-electron chi connectivity index (χ2n) is 7.99. The molecule has 4 nitrogen and oxygen atoms in total. The predicted octanol–water partition coefficient (Wildman–Crippen LogP) is 6.41. The summed E-state index contributed by atoms with van der Waals surface area (Å²) in [5.74, 6) is -0.465. The Balaban J connectivity index is 1.62. The number of nitrogens with zero attached hydrogens (tertiary/aromatic N) is 1. The third-order valence-electron chi connectivity index (χ3n) is 5.63. The van der Waals surface area contributed by atoms with Gasteiger partial charge in [-0.2, -0.15) is 0 Å². The van der Waals surface area contributed by atoms with Gasteiger partial charge in [0, 0.05) is 6.54 Å². The largest absolute Gasteiger partial charge is 0.464 e. The Labute approximate surface area is 180 Å². The quantitative estimate of drug-likeness (QED) is 0.273. The summed E-state index contributed by atoms with van der Waals surface area (Å²) in [6.45, 7) is 3.26. The fourth-order valence-electron chi connectivity index (χ4n) is 3.90. The van der Waals surface area contributed by atoms with Gasteiger partial charge in [0.2, 0.25) is 0 Å². The molecule has 1 aromatic rings. The highest BCUT2D eigenvalue weighted by atomic mass is 35.5. The maximum Gasteiger partial charge on any atom is 0.328 e. The average molecular weight is 422 g/mol. The lowest BCUT2D eigenvalue weighted by Gasteiger charge is -2.23. The molecule has 5 heteroatoms. The second kappa shape index (κ2) is 13.6. The topological polar surface area (TPSA) is 46.6 Å². The van der Waals surface area contributed by atoms with Crippen LogP contribution in [-0.4, -0.2) is 36.0 Å². The Morgan fingerprint density at radius 1 is 1.00 bits per heavy atom. The smallest absolute Gasteiger partial charge is 0.328 e. The van der Waals surface area contributed by atoms with E-state index >= 15 is 0 Å². The minimum atomic E-state index is -0.484. The minimum Gasteiger partial charge on any atom is -0.464 e. The summed E-state index contributed by atoms with van der Waals surface area (Å²) in [6, 6.07) is 6.50. The molecule has 0 saturated carbocycles.